The molecule has 1 aromatic carbocycles. The zero-order valence-corrected chi connectivity index (χ0v) is 14.1. The maximum absolute atomic E-state index is 13.1. The zero-order valence-electron chi connectivity index (χ0n) is 14.1. The molecule has 1 saturated carbocycles. The molecule has 2 amide bonds. The van der Waals surface area contributed by atoms with Crippen molar-refractivity contribution < 1.29 is 14.3 Å². The van der Waals surface area contributed by atoms with Gasteiger partial charge in [0.05, 0.1) is 12.5 Å². The molecule has 1 N–H and O–H groups in total. The van der Waals surface area contributed by atoms with Crippen LogP contribution in [-0.4, -0.2) is 43.0 Å². The third-order valence-corrected chi connectivity index (χ3v) is 5.78. The van der Waals surface area contributed by atoms with Crippen LogP contribution in [0.3, 0.4) is 0 Å². The summed E-state index contributed by atoms with van der Waals surface area (Å²) in [5.74, 6) is 1.63. The van der Waals surface area contributed by atoms with E-state index in [1.165, 1.54) is 12.8 Å². The van der Waals surface area contributed by atoms with Crippen LogP contribution in [0.1, 0.15) is 37.7 Å². The predicted molar refractivity (Wildman–Crippen MR) is 89.8 cm³/mol. The van der Waals surface area contributed by atoms with E-state index in [0.717, 1.165) is 24.3 Å². The van der Waals surface area contributed by atoms with Gasteiger partial charge >= 0.3 is 0 Å². The van der Waals surface area contributed by atoms with Crippen LogP contribution in [0.5, 0.6) is 5.75 Å². The van der Waals surface area contributed by atoms with Gasteiger partial charge in [-0.25, -0.2) is 0 Å². The van der Waals surface area contributed by atoms with Gasteiger partial charge in [-0.05, 0) is 49.3 Å². The second-order valence-corrected chi connectivity index (χ2v) is 7.39. The number of fused-ring (bicyclic) bond motifs is 1. The summed E-state index contributed by atoms with van der Waals surface area (Å²) in [5, 5.41) is 3.15. The summed E-state index contributed by atoms with van der Waals surface area (Å²) in [5.41, 5.74) is 0.307. The number of carbonyl (C=O) groups is 2. The average Bonchev–Trinajstić information content (AvgIpc) is 3.26. The maximum atomic E-state index is 13.1. The number of nitrogens with zero attached hydrogens (tertiary/aromatic N) is 1. The van der Waals surface area contributed by atoms with Crippen molar-refractivity contribution in [1.82, 2.24) is 10.2 Å². The van der Waals surface area contributed by atoms with E-state index in [-0.39, 0.29) is 17.9 Å². The second kappa shape index (κ2) is 5.80. The Bertz CT molecular complexity index is 670. The Morgan fingerprint density at radius 3 is 2.92 bits per heavy atom. The first kappa shape index (κ1) is 15.5. The largest absolute Gasteiger partial charge is 0.497 e. The summed E-state index contributed by atoms with van der Waals surface area (Å²) in [6, 6.07) is 7.95. The van der Waals surface area contributed by atoms with Crippen molar-refractivity contribution in [1.29, 1.82) is 0 Å². The average molecular weight is 328 g/mol. The van der Waals surface area contributed by atoms with Gasteiger partial charge in [-0.2, -0.15) is 0 Å². The van der Waals surface area contributed by atoms with Crippen LogP contribution in [0.15, 0.2) is 24.3 Å². The molecular weight excluding hydrogens is 304 g/mol. The van der Waals surface area contributed by atoms with E-state index >= 15 is 0 Å². The third-order valence-electron chi connectivity index (χ3n) is 5.78. The Hall–Kier alpha value is -2.04. The molecule has 2 heterocycles. The minimum Gasteiger partial charge on any atom is -0.497 e. The van der Waals surface area contributed by atoms with Crippen LogP contribution in [0.25, 0.3) is 0 Å². The van der Waals surface area contributed by atoms with Gasteiger partial charge in [0.1, 0.15) is 5.75 Å². The zero-order chi connectivity index (χ0) is 16.7. The Balaban J connectivity index is 1.66. The number of rotatable bonds is 5. The first-order chi connectivity index (χ1) is 11.6. The Morgan fingerprint density at radius 1 is 1.38 bits per heavy atom. The molecule has 0 radical (unpaired) electrons. The molecule has 2 aliphatic heterocycles. The highest BCUT2D eigenvalue weighted by Gasteiger charge is 2.53. The Morgan fingerprint density at radius 2 is 2.21 bits per heavy atom. The standard InChI is InChI=1S/C19H24N2O3/c1-24-16-4-2-3-14(9-16)19(18(23)20-11-13-5-6-13)10-15-7-8-17(22)21(15)12-19/h2-4,9,13,15H,5-8,10-12H2,1H3,(H,20,23). The highest BCUT2D eigenvalue weighted by Crippen LogP contribution is 2.44. The molecular formula is C19H24N2O3. The van der Waals surface area contributed by atoms with Crippen molar-refractivity contribution in [2.75, 3.05) is 20.2 Å². The molecule has 5 nitrogen and oxygen atoms in total. The first-order valence-electron chi connectivity index (χ1n) is 8.85. The molecule has 5 heteroatoms. The molecule has 2 unspecified atom stereocenters. The van der Waals surface area contributed by atoms with E-state index in [1.807, 2.05) is 29.2 Å². The number of nitrogens with one attached hydrogen (secondary N) is 1. The highest BCUT2D eigenvalue weighted by molar-refractivity contribution is 5.91. The number of hydrogen-bond acceptors (Lipinski definition) is 3. The fraction of sp³-hybridized carbons (Fsp3) is 0.579. The van der Waals surface area contributed by atoms with E-state index < -0.39 is 5.41 Å². The van der Waals surface area contributed by atoms with E-state index in [4.69, 9.17) is 4.74 Å². The normalized spacial score (nSPS) is 28.8. The minimum absolute atomic E-state index is 0.0600. The summed E-state index contributed by atoms with van der Waals surface area (Å²) in [4.78, 5) is 27.2. The lowest BCUT2D eigenvalue weighted by molar-refractivity contribution is -0.129. The van der Waals surface area contributed by atoms with Gasteiger partial charge in [-0.3, -0.25) is 9.59 Å². The number of carbonyl (C=O) groups excluding carboxylic acids is 2. The van der Waals surface area contributed by atoms with Crippen molar-refractivity contribution in [2.45, 2.75) is 43.6 Å². The lowest BCUT2D eigenvalue weighted by atomic mass is 9.76. The number of ether oxygens (including phenoxy) is 1. The van der Waals surface area contributed by atoms with Crippen LogP contribution in [0.4, 0.5) is 0 Å². The summed E-state index contributed by atoms with van der Waals surface area (Å²) in [7, 11) is 1.63. The second-order valence-electron chi connectivity index (χ2n) is 7.39. The summed E-state index contributed by atoms with van der Waals surface area (Å²) in [6.45, 7) is 1.24. The van der Waals surface area contributed by atoms with Crippen molar-refractivity contribution in [3.05, 3.63) is 29.8 Å². The van der Waals surface area contributed by atoms with Crippen LogP contribution in [0.2, 0.25) is 0 Å². The smallest absolute Gasteiger partial charge is 0.232 e. The molecule has 0 spiro atoms. The van der Waals surface area contributed by atoms with Gasteiger partial charge in [0.2, 0.25) is 11.8 Å². The monoisotopic (exact) mass is 328 g/mol. The summed E-state index contributed by atoms with van der Waals surface area (Å²) >= 11 is 0. The van der Waals surface area contributed by atoms with Gasteiger partial charge in [-0.1, -0.05) is 12.1 Å². The highest BCUT2D eigenvalue weighted by atomic mass is 16.5. The lowest BCUT2D eigenvalue weighted by Gasteiger charge is -2.29. The van der Waals surface area contributed by atoms with E-state index in [1.54, 1.807) is 7.11 Å². The van der Waals surface area contributed by atoms with Crippen molar-refractivity contribution in [3.8, 4) is 5.75 Å². The lowest BCUT2D eigenvalue weighted by Crippen LogP contribution is -2.47. The van der Waals surface area contributed by atoms with E-state index in [2.05, 4.69) is 5.32 Å². The molecule has 2 atom stereocenters. The Labute approximate surface area is 142 Å². The first-order valence-corrected chi connectivity index (χ1v) is 8.85. The van der Waals surface area contributed by atoms with Crippen LogP contribution >= 0.6 is 0 Å². The molecule has 3 fully saturated rings. The number of hydrogen-bond donors (Lipinski definition) is 1. The quantitative estimate of drug-likeness (QED) is 0.897. The molecule has 24 heavy (non-hydrogen) atoms. The molecule has 1 aliphatic carbocycles. The van der Waals surface area contributed by atoms with Crippen molar-refractivity contribution in [3.63, 3.8) is 0 Å². The third kappa shape index (κ3) is 2.56. The molecule has 0 bridgehead atoms. The molecule has 128 valence electrons. The Kier molecular flexibility index (Phi) is 3.74. The van der Waals surface area contributed by atoms with Crippen LogP contribution in [-0.2, 0) is 15.0 Å². The molecule has 2 saturated heterocycles. The minimum atomic E-state index is -0.649. The van der Waals surface area contributed by atoms with Gasteiger partial charge < -0.3 is 15.0 Å². The fourth-order valence-corrected chi connectivity index (χ4v) is 4.13. The van der Waals surface area contributed by atoms with Crippen molar-refractivity contribution in [2.24, 2.45) is 5.92 Å². The summed E-state index contributed by atoms with van der Waals surface area (Å²) in [6.07, 6.45) is 4.60. The van der Waals surface area contributed by atoms with Crippen LogP contribution < -0.4 is 10.1 Å². The number of methoxy groups -OCH3 is 1. The van der Waals surface area contributed by atoms with Crippen molar-refractivity contribution >= 4 is 11.8 Å². The van der Waals surface area contributed by atoms with Gasteiger partial charge in [0.25, 0.3) is 0 Å². The number of benzene rings is 1. The molecule has 4 rings (SSSR count). The van der Waals surface area contributed by atoms with Gasteiger partial charge in [0.15, 0.2) is 0 Å². The maximum Gasteiger partial charge on any atom is 0.232 e. The van der Waals surface area contributed by atoms with Gasteiger partial charge in [0, 0.05) is 25.6 Å². The fourth-order valence-electron chi connectivity index (χ4n) is 4.13. The van der Waals surface area contributed by atoms with E-state index in [0.29, 0.717) is 25.3 Å². The summed E-state index contributed by atoms with van der Waals surface area (Å²) < 4.78 is 5.35. The predicted octanol–water partition coefficient (Wildman–Crippen LogP) is 1.85. The van der Waals surface area contributed by atoms with E-state index in [9.17, 15) is 9.59 Å². The van der Waals surface area contributed by atoms with Gasteiger partial charge in [-0.15, -0.1) is 0 Å². The molecule has 1 aromatic rings. The molecule has 0 aromatic heterocycles. The topological polar surface area (TPSA) is 58.6 Å². The SMILES string of the molecule is COc1cccc(C2(C(=O)NCC3CC3)CC3CCC(=O)N3C2)c1. The number of amides is 2. The van der Waals surface area contributed by atoms with Crippen LogP contribution in [0, 0.1) is 5.92 Å². The molecule has 3 aliphatic rings.